The first-order chi connectivity index (χ1) is 6.29. The fourth-order valence-corrected chi connectivity index (χ4v) is 0.963. The third-order valence-electron chi connectivity index (χ3n) is 1.75. The van der Waals surface area contributed by atoms with Crippen molar-refractivity contribution in [3.8, 4) is 11.8 Å². The van der Waals surface area contributed by atoms with Gasteiger partial charge in [-0.25, -0.2) is 4.98 Å². The Balaban J connectivity index is 2.27. The van der Waals surface area contributed by atoms with Crippen molar-refractivity contribution in [2.24, 2.45) is 0 Å². The van der Waals surface area contributed by atoms with Crippen LogP contribution in [0.2, 0.25) is 0 Å². The van der Waals surface area contributed by atoms with Crippen LogP contribution in [0.4, 0.5) is 4.39 Å². The molecule has 1 aromatic heterocycles. The molecule has 0 unspecified atom stereocenters. The zero-order valence-electron chi connectivity index (χ0n) is 6.83. The number of rotatable bonds is 2. The van der Waals surface area contributed by atoms with Gasteiger partial charge < -0.3 is 4.74 Å². The highest BCUT2D eigenvalue weighted by Crippen LogP contribution is 2.28. The van der Waals surface area contributed by atoms with Crippen LogP contribution in [0.25, 0.3) is 0 Å². The standard InChI is InChI=1S/C9H7FN2O/c10-9-4-3-8(7(5-11)12-9)13-6-1-2-6/h3-4,6H,1-2H2. The largest absolute Gasteiger partial charge is 0.487 e. The summed E-state index contributed by atoms with van der Waals surface area (Å²) in [7, 11) is 0. The quantitative estimate of drug-likeness (QED) is 0.646. The van der Waals surface area contributed by atoms with E-state index in [0.29, 0.717) is 5.75 Å². The summed E-state index contributed by atoms with van der Waals surface area (Å²) in [4.78, 5) is 3.42. The van der Waals surface area contributed by atoms with Gasteiger partial charge in [-0.3, -0.25) is 0 Å². The first-order valence-electron chi connectivity index (χ1n) is 4.03. The van der Waals surface area contributed by atoms with E-state index in [2.05, 4.69) is 4.98 Å². The van der Waals surface area contributed by atoms with Gasteiger partial charge in [0.05, 0.1) is 6.10 Å². The molecule has 0 aliphatic heterocycles. The first kappa shape index (κ1) is 7.99. The van der Waals surface area contributed by atoms with Gasteiger partial charge in [-0.1, -0.05) is 0 Å². The van der Waals surface area contributed by atoms with E-state index < -0.39 is 5.95 Å². The monoisotopic (exact) mass is 178 g/mol. The van der Waals surface area contributed by atoms with E-state index in [-0.39, 0.29) is 11.8 Å². The van der Waals surface area contributed by atoms with Crippen LogP contribution in [0.15, 0.2) is 12.1 Å². The lowest BCUT2D eigenvalue weighted by Gasteiger charge is -2.04. The molecule has 0 saturated heterocycles. The molecule has 1 heterocycles. The van der Waals surface area contributed by atoms with E-state index in [1.807, 2.05) is 0 Å². The van der Waals surface area contributed by atoms with Crippen molar-refractivity contribution >= 4 is 0 Å². The Kier molecular flexibility index (Phi) is 1.85. The van der Waals surface area contributed by atoms with Gasteiger partial charge in [-0.05, 0) is 25.0 Å². The van der Waals surface area contributed by atoms with Crippen LogP contribution in [0.5, 0.6) is 5.75 Å². The molecule has 66 valence electrons. The minimum atomic E-state index is -0.653. The zero-order chi connectivity index (χ0) is 9.26. The van der Waals surface area contributed by atoms with Crippen molar-refractivity contribution in [2.45, 2.75) is 18.9 Å². The second-order valence-corrected chi connectivity index (χ2v) is 2.91. The van der Waals surface area contributed by atoms with E-state index in [4.69, 9.17) is 10.00 Å². The summed E-state index contributed by atoms with van der Waals surface area (Å²) >= 11 is 0. The molecule has 4 heteroatoms. The number of aromatic nitrogens is 1. The van der Waals surface area contributed by atoms with Crippen LogP contribution >= 0.6 is 0 Å². The number of nitriles is 1. The van der Waals surface area contributed by atoms with Crippen LogP contribution in [-0.2, 0) is 0 Å². The zero-order valence-corrected chi connectivity index (χ0v) is 6.83. The van der Waals surface area contributed by atoms with Gasteiger partial charge in [0.2, 0.25) is 5.95 Å². The van der Waals surface area contributed by atoms with Crippen LogP contribution in [0, 0.1) is 17.3 Å². The van der Waals surface area contributed by atoms with E-state index in [0.717, 1.165) is 12.8 Å². The molecule has 1 aliphatic rings. The second-order valence-electron chi connectivity index (χ2n) is 2.91. The van der Waals surface area contributed by atoms with Gasteiger partial charge >= 0.3 is 0 Å². The van der Waals surface area contributed by atoms with Crippen molar-refractivity contribution in [2.75, 3.05) is 0 Å². The predicted octanol–water partition coefficient (Wildman–Crippen LogP) is 1.63. The maximum atomic E-state index is 12.6. The summed E-state index contributed by atoms with van der Waals surface area (Å²) in [6.45, 7) is 0. The molecule has 1 aliphatic carbocycles. The molecule has 2 rings (SSSR count). The molecule has 1 fully saturated rings. The van der Waals surface area contributed by atoms with Gasteiger partial charge in [0.1, 0.15) is 6.07 Å². The van der Waals surface area contributed by atoms with Crippen LogP contribution in [-0.4, -0.2) is 11.1 Å². The van der Waals surface area contributed by atoms with E-state index in [1.54, 1.807) is 6.07 Å². The number of hydrogen-bond donors (Lipinski definition) is 0. The smallest absolute Gasteiger partial charge is 0.214 e. The lowest BCUT2D eigenvalue weighted by atomic mass is 10.3. The van der Waals surface area contributed by atoms with Gasteiger partial charge in [0.15, 0.2) is 11.4 Å². The molecule has 3 nitrogen and oxygen atoms in total. The molecule has 0 N–H and O–H groups in total. The third kappa shape index (κ3) is 1.75. The topological polar surface area (TPSA) is 45.9 Å². The average Bonchev–Trinajstić information content (AvgIpc) is 2.92. The molecule has 1 aromatic rings. The summed E-state index contributed by atoms with van der Waals surface area (Å²) in [6, 6.07) is 4.43. The van der Waals surface area contributed by atoms with Crippen molar-refractivity contribution in [3.63, 3.8) is 0 Å². The third-order valence-corrected chi connectivity index (χ3v) is 1.75. The fourth-order valence-electron chi connectivity index (χ4n) is 0.963. The first-order valence-corrected chi connectivity index (χ1v) is 4.03. The summed E-state index contributed by atoms with van der Waals surface area (Å²) in [5, 5.41) is 8.62. The van der Waals surface area contributed by atoms with Crippen molar-refractivity contribution < 1.29 is 9.13 Å². The molecule has 0 amide bonds. The predicted molar refractivity (Wildman–Crippen MR) is 42.6 cm³/mol. The Morgan fingerprint density at radius 3 is 2.92 bits per heavy atom. The molecule has 0 aromatic carbocycles. The summed E-state index contributed by atoms with van der Waals surface area (Å²) in [6.07, 6.45) is 2.20. The lowest BCUT2D eigenvalue weighted by molar-refractivity contribution is 0.300. The lowest BCUT2D eigenvalue weighted by Crippen LogP contribution is -2.00. The van der Waals surface area contributed by atoms with Crippen LogP contribution < -0.4 is 4.74 Å². The number of hydrogen-bond acceptors (Lipinski definition) is 3. The van der Waals surface area contributed by atoms with Gasteiger partial charge in [0.25, 0.3) is 0 Å². The average molecular weight is 178 g/mol. The Morgan fingerprint density at radius 1 is 1.54 bits per heavy atom. The highest BCUT2D eigenvalue weighted by Gasteiger charge is 2.24. The molecule has 0 radical (unpaired) electrons. The fraction of sp³-hybridized carbons (Fsp3) is 0.333. The van der Waals surface area contributed by atoms with Crippen molar-refractivity contribution in [3.05, 3.63) is 23.8 Å². The van der Waals surface area contributed by atoms with Gasteiger partial charge in [-0.15, -0.1) is 0 Å². The normalized spacial score (nSPS) is 15.1. The molecule has 0 bridgehead atoms. The molecule has 0 spiro atoms. The van der Waals surface area contributed by atoms with Crippen molar-refractivity contribution in [1.29, 1.82) is 5.26 Å². The minimum Gasteiger partial charge on any atom is -0.487 e. The Bertz CT molecular complexity index is 368. The Hall–Kier alpha value is -1.63. The SMILES string of the molecule is N#Cc1nc(F)ccc1OC1CC1. The second kappa shape index (κ2) is 3.02. The van der Waals surface area contributed by atoms with E-state index in [1.165, 1.54) is 12.1 Å². The molecular weight excluding hydrogens is 171 g/mol. The maximum Gasteiger partial charge on any atom is 0.214 e. The molecule has 1 saturated carbocycles. The highest BCUT2D eigenvalue weighted by molar-refractivity contribution is 5.37. The van der Waals surface area contributed by atoms with E-state index in [9.17, 15) is 4.39 Å². The number of ether oxygens (including phenoxy) is 1. The number of nitrogens with zero attached hydrogens (tertiary/aromatic N) is 2. The molecule has 13 heavy (non-hydrogen) atoms. The van der Waals surface area contributed by atoms with Crippen molar-refractivity contribution in [1.82, 2.24) is 4.98 Å². The summed E-state index contributed by atoms with van der Waals surface area (Å²) in [5.74, 6) is -0.272. The van der Waals surface area contributed by atoms with Gasteiger partial charge in [-0.2, -0.15) is 9.65 Å². The Labute approximate surface area is 74.8 Å². The summed E-state index contributed by atoms with van der Waals surface area (Å²) < 4.78 is 17.9. The van der Waals surface area contributed by atoms with E-state index >= 15 is 0 Å². The Morgan fingerprint density at radius 2 is 2.31 bits per heavy atom. The number of pyridine rings is 1. The van der Waals surface area contributed by atoms with Crippen LogP contribution in [0.1, 0.15) is 18.5 Å². The summed E-state index contributed by atoms with van der Waals surface area (Å²) in [5.41, 5.74) is 0.0203. The van der Waals surface area contributed by atoms with Gasteiger partial charge in [0, 0.05) is 0 Å². The highest BCUT2D eigenvalue weighted by atomic mass is 19.1. The molecule has 0 atom stereocenters. The maximum absolute atomic E-state index is 12.6. The molecular formula is C9H7FN2O. The number of halogens is 1. The minimum absolute atomic E-state index is 0.0203. The van der Waals surface area contributed by atoms with Crippen LogP contribution in [0.3, 0.4) is 0 Å².